The van der Waals surface area contributed by atoms with Crippen molar-refractivity contribution in [3.05, 3.63) is 59.0 Å². The molecule has 0 saturated carbocycles. The summed E-state index contributed by atoms with van der Waals surface area (Å²) in [6.07, 6.45) is 4.32. The lowest BCUT2D eigenvalue weighted by molar-refractivity contribution is -0.117. The van der Waals surface area contributed by atoms with E-state index < -0.39 is 18.6 Å². The van der Waals surface area contributed by atoms with Crippen molar-refractivity contribution in [2.45, 2.75) is 25.4 Å². The SMILES string of the molecule is N#C/C(=C\c1ccc(-c2ccc3cc(N4CCCCC4)ccc3c2)s1)C(=O)NCC(O)CO. The van der Waals surface area contributed by atoms with Crippen LogP contribution in [-0.2, 0) is 4.79 Å². The summed E-state index contributed by atoms with van der Waals surface area (Å²) in [4.78, 5) is 16.5. The van der Waals surface area contributed by atoms with Crippen molar-refractivity contribution in [1.82, 2.24) is 5.32 Å². The van der Waals surface area contributed by atoms with E-state index in [4.69, 9.17) is 5.11 Å². The van der Waals surface area contributed by atoms with Crippen LogP contribution in [0.25, 0.3) is 27.3 Å². The average molecular weight is 462 g/mol. The summed E-state index contributed by atoms with van der Waals surface area (Å²) in [5.41, 5.74) is 2.33. The highest BCUT2D eigenvalue weighted by molar-refractivity contribution is 7.16. The maximum atomic E-state index is 12.2. The predicted octanol–water partition coefficient (Wildman–Crippen LogP) is 3.93. The lowest BCUT2D eigenvalue weighted by atomic mass is 10.0. The van der Waals surface area contributed by atoms with Gasteiger partial charge in [-0.1, -0.05) is 18.2 Å². The van der Waals surface area contributed by atoms with Crippen LogP contribution in [-0.4, -0.2) is 48.5 Å². The summed E-state index contributed by atoms with van der Waals surface area (Å²) < 4.78 is 0. The monoisotopic (exact) mass is 461 g/mol. The fraction of sp³-hybridized carbons (Fsp3) is 0.308. The number of nitriles is 1. The fourth-order valence-corrected chi connectivity index (χ4v) is 4.93. The maximum Gasteiger partial charge on any atom is 0.262 e. The highest BCUT2D eigenvalue weighted by Gasteiger charge is 2.13. The molecule has 1 amide bonds. The van der Waals surface area contributed by atoms with E-state index in [2.05, 4.69) is 46.6 Å². The van der Waals surface area contributed by atoms with Gasteiger partial charge >= 0.3 is 0 Å². The van der Waals surface area contributed by atoms with Gasteiger partial charge in [-0.25, -0.2) is 0 Å². The van der Waals surface area contributed by atoms with E-state index in [0.29, 0.717) is 0 Å². The third-order valence-electron chi connectivity index (χ3n) is 5.82. The molecule has 0 bridgehead atoms. The smallest absolute Gasteiger partial charge is 0.262 e. The van der Waals surface area contributed by atoms with Gasteiger partial charge < -0.3 is 20.4 Å². The molecule has 2 heterocycles. The number of carbonyl (C=O) groups excluding carboxylic acids is 1. The normalized spacial score (nSPS) is 15.3. The molecule has 0 radical (unpaired) electrons. The molecule has 0 spiro atoms. The van der Waals surface area contributed by atoms with Crippen LogP contribution in [0.3, 0.4) is 0 Å². The number of hydrogen-bond acceptors (Lipinski definition) is 6. The molecule has 1 unspecified atom stereocenters. The molecule has 6 nitrogen and oxygen atoms in total. The molecule has 1 atom stereocenters. The zero-order valence-electron chi connectivity index (χ0n) is 18.3. The van der Waals surface area contributed by atoms with Gasteiger partial charge in [0.1, 0.15) is 11.6 Å². The first-order valence-electron chi connectivity index (χ1n) is 11.2. The van der Waals surface area contributed by atoms with Gasteiger partial charge in [0.2, 0.25) is 0 Å². The molecule has 7 heteroatoms. The number of rotatable bonds is 7. The molecule has 1 saturated heterocycles. The Bertz CT molecular complexity index is 1200. The Morgan fingerprint density at radius 2 is 1.88 bits per heavy atom. The topological polar surface area (TPSA) is 96.6 Å². The number of anilines is 1. The number of nitrogens with zero attached hydrogens (tertiary/aromatic N) is 2. The van der Waals surface area contributed by atoms with Crippen LogP contribution in [0.2, 0.25) is 0 Å². The van der Waals surface area contributed by atoms with Crippen molar-refractivity contribution >= 4 is 39.8 Å². The molecule has 1 aliphatic heterocycles. The van der Waals surface area contributed by atoms with E-state index in [1.807, 2.05) is 18.2 Å². The summed E-state index contributed by atoms with van der Waals surface area (Å²) in [6, 6.07) is 18.8. The Balaban J connectivity index is 1.51. The molecule has 33 heavy (non-hydrogen) atoms. The highest BCUT2D eigenvalue weighted by atomic mass is 32.1. The molecule has 1 aliphatic rings. The van der Waals surface area contributed by atoms with Gasteiger partial charge in [0.05, 0.1) is 12.7 Å². The summed E-state index contributed by atoms with van der Waals surface area (Å²) in [7, 11) is 0. The fourth-order valence-electron chi connectivity index (χ4n) is 3.98. The van der Waals surface area contributed by atoms with Crippen molar-refractivity contribution in [2.24, 2.45) is 0 Å². The zero-order valence-corrected chi connectivity index (χ0v) is 19.1. The third-order valence-corrected chi connectivity index (χ3v) is 6.90. The van der Waals surface area contributed by atoms with E-state index in [0.717, 1.165) is 28.4 Å². The predicted molar refractivity (Wildman–Crippen MR) is 133 cm³/mol. The second-order valence-electron chi connectivity index (χ2n) is 8.21. The lowest BCUT2D eigenvalue weighted by Crippen LogP contribution is -2.34. The standard InChI is InChI=1S/C26H27N3O3S/c27-15-21(26(32)28-16-23(31)17-30)14-24-8-9-25(33-24)20-5-4-19-13-22(7-6-18(19)12-20)29-10-2-1-3-11-29/h4-9,12-14,23,30-31H,1-3,10-11,16-17H2,(H,28,32)/b21-14+. The van der Waals surface area contributed by atoms with Crippen LogP contribution in [0.1, 0.15) is 24.1 Å². The molecule has 1 fully saturated rings. The number of aliphatic hydroxyl groups is 2. The molecule has 170 valence electrons. The number of carbonyl (C=O) groups is 1. The Hall–Kier alpha value is -3.18. The van der Waals surface area contributed by atoms with Crippen molar-refractivity contribution in [1.29, 1.82) is 5.26 Å². The minimum Gasteiger partial charge on any atom is -0.394 e. The number of fused-ring (bicyclic) bond motifs is 1. The van der Waals surface area contributed by atoms with Crippen LogP contribution in [0.4, 0.5) is 5.69 Å². The van der Waals surface area contributed by atoms with Crippen LogP contribution in [0, 0.1) is 11.3 Å². The van der Waals surface area contributed by atoms with Crippen molar-refractivity contribution in [2.75, 3.05) is 31.1 Å². The quantitative estimate of drug-likeness (QED) is 0.366. The zero-order chi connectivity index (χ0) is 23.2. The summed E-state index contributed by atoms with van der Waals surface area (Å²) in [5, 5.41) is 32.4. The van der Waals surface area contributed by atoms with Gasteiger partial charge in [-0.05, 0) is 72.0 Å². The number of piperidine rings is 1. The number of aliphatic hydroxyl groups excluding tert-OH is 2. The van der Waals surface area contributed by atoms with Gasteiger partial charge in [0.25, 0.3) is 5.91 Å². The van der Waals surface area contributed by atoms with Crippen LogP contribution in [0.15, 0.2) is 54.1 Å². The second-order valence-corrected chi connectivity index (χ2v) is 9.33. The largest absolute Gasteiger partial charge is 0.394 e. The highest BCUT2D eigenvalue weighted by Crippen LogP contribution is 2.33. The molecule has 1 aromatic heterocycles. The van der Waals surface area contributed by atoms with Gasteiger partial charge in [0, 0.05) is 35.1 Å². The van der Waals surface area contributed by atoms with Crippen molar-refractivity contribution < 1.29 is 15.0 Å². The van der Waals surface area contributed by atoms with E-state index in [9.17, 15) is 15.2 Å². The Morgan fingerprint density at radius 3 is 2.64 bits per heavy atom. The summed E-state index contributed by atoms with van der Waals surface area (Å²) in [6.45, 7) is 1.69. The Kier molecular flexibility index (Phi) is 7.40. The lowest BCUT2D eigenvalue weighted by Gasteiger charge is -2.29. The van der Waals surface area contributed by atoms with Gasteiger partial charge in [0.15, 0.2) is 0 Å². The molecule has 3 aromatic rings. The van der Waals surface area contributed by atoms with E-state index >= 15 is 0 Å². The molecular formula is C26H27N3O3S. The maximum absolute atomic E-state index is 12.2. The Morgan fingerprint density at radius 1 is 1.12 bits per heavy atom. The van der Waals surface area contributed by atoms with Crippen molar-refractivity contribution in [3.8, 4) is 16.5 Å². The third kappa shape index (κ3) is 5.60. The van der Waals surface area contributed by atoms with Gasteiger partial charge in [-0.3, -0.25) is 4.79 Å². The number of thiophene rings is 1. The molecule has 3 N–H and O–H groups in total. The van der Waals surface area contributed by atoms with Gasteiger partial charge in [-0.15, -0.1) is 11.3 Å². The number of nitrogens with one attached hydrogen (secondary N) is 1. The number of hydrogen-bond donors (Lipinski definition) is 3. The number of amides is 1. The average Bonchev–Trinajstić information content (AvgIpc) is 3.34. The first-order chi connectivity index (χ1) is 16.1. The summed E-state index contributed by atoms with van der Waals surface area (Å²) >= 11 is 1.51. The van der Waals surface area contributed by atoms with Crippen molar-refractivity contribution in [3.63, 3.8) is 0 Å². The van der Waals surface area contributed by atoms with E-state index in [1.165, 1.54) is 47.1 Å². The summed E-state index contributed by atoms with van der Waals surface area (Å²) in [5.74, 6) is -0.574. The Labute approximate surface area is 197 Å². The molecule has 4 rings (SSSR count). The first kappa shape index (κ1) is 23.0. The number of benzene rings is 2. The van der Waals surface area contributed by atoms with Crippen LogP contribution < -0.4 is 10.2 Å². The minimum atomic E-state index is -1.05. The first-order valence-corrected chi connectivity index (χ1v) is 12.0. The van der Waals surface area contributed by atoms with E-state index in [-0.39, 0.29) is 12.1 Å². The second kappa shape index (κ2) is 10.6. The minimum absolute atomic E-state index is 0.0442. The molecule has 2 aromatic carbocycles. The van der Waals surface area contributed by atoms with Crippen LogP contribution >= 0.6 is 11.3 Å². The molecular weight excluding hydrogens is 434 g/mol. The van der Waals surface area contributed by atoms with Gasteiger partial charge in [-0.2, -0.15) is 5.26 Å². The van der Waals surface area contributed by atoms with Crippen LogP contribution in [0.5, 0.6) is 0 Å². The molecule has 0 aliphatic carbocycles. The van der Waals surface area contributed by atoms with E-state index in [1.54, 1.807) is 6.08 Å².